The van der Waals surface area contributed by atoms with Crippen molar-refractivity contribution in [3.05, 3.63) is 69.7 Å². The van der Waals surface area contributed by atoms with Crippen molar-refractivity contribution in [3.8, 4) is 0 Å². The minimum Gasteiger partial charge on any atom is -0.391 e. The van der Waals surface area contributed by atoms with Crippen LogP contribution in [0.5, 0.6) is 0 Å². The van der Waals surface area contributed by atoms with Crippen LogP contribution in [0.2, 0.25) is 10.0 Å². The van der Waals surface area contributed by atoms with E-state index in [1.165, 1.54) is 0 Å². The van der Waals surface area contributed by atoms with E-state index in [-0.39, 0.29) is 12.5 Å². The third kappa shape index (κ3) is 4.96. The molecule has 2 N–H and O–H groups in total. The molecular weight excluding hydrogens is 333 g/mol. The minimum atomic E-state index is -0.546. The van der Waals surface area contributed by atoms with Gasteiger partial charge in [0.1, 0.15) is 0 Å². The first-order valence-corrected chi connectivity index (χ1v) is 8.23. The molecule has 1 atom stereocenters. The third-order valence-corrected chi connectivity index (χ3v) is 4.16. The minimum absolute atomic E-state index is 0.165. The molecule has 122 valence electrons. The molecule has 0 saturated heterocycles. The lowest BCUT2D eigenvalue weighted by atomic mass is 9.90. The highest BCUT2D eigenvalue weighted by Crippen LogP contribution is 2.27. The molecule has 0 bridgehead atoms. The van der Waals surface area contributed by atoms with Gasteiger partial charge in [-0.15, -0.1) is 0 Å². The molecule has 23 heavy (non-hydrogen) atoms. The van der Waals surface area contributed by atoms with Gasteiger partial charge in [0.15, 0.2) is 0 Å². The molecule has 0 aliphatic heterocycles. The van der Waals surface area contributed by atoms with Crippen molar-refractivity contribution in [1.29, 1.82) is 0 Å². The molecule has 1 amide bonds. The molecule has 5 heteroatoms. The molecule has 2 rings (SSSR count). The van der Waals surface area contributed by atoms with Crippen molar-refractivity contribution in [2.24, 2.45) is 0 Å². The number of rotatable bonds is 6. The van der Waals surface area contributed by atoms with Crippen molar-refractivity contribution in [2.45, 2.75) is 25.4 Å². The summed E-state index contributed by atoms with van der Waals surface area (Å²) in [5.74, 6) is -0.643. The smallest absolute Gasteiger partial charge is 0.232 e. The summed E-state index contributed by atoms with van der Waals surface area (Å²) in [6.07, 6.45) is 0.0439. The number of hydrogen-bond donors (Lipinski definition) is 2. The van der Waals surface area contributed by atoms with E-state index in [0.717, 1.165) is 11.1 Å². The van der Waals surface area contributed by atoms with E-state index in [4.69, 9.17) is 23.2 Å². The van der Waals surface area contributed by atoms with Crippen molar-refractivity contribution < 1.29 is 9.90 Å². The quantitative estimate of drug-likeness (QED) is 0.825. The van der Waals surface area contributed by atoms with E-state index in [0.29, 0.717) is 16.5 Å². The molecule has 0 aliphatic carbocycles. The van der Waals surface area contributed by atoms with Crippen LogP contribution in [-0.2, 0) is 4.79 Å². The molecule has 0 unspecified atom stereocenters. The number of aliphatic hydroxyl groups is 1. The standard InChI is InChI=1S/C18H19Cl2NO2/c1-2-16(22)11-21-18(23)17(12-3-7-14(19)8-4-12)13-5-9-15(20)10-6-13/h3-10,16-17,22H,2,11H2,1H3,(H,21,23)/t16-/m0/s1. The maximum Gasteiger partial charge on any atom is 0.232 e. The van der Waals surface area contributed by atoms with Gasteiger partial charge in [0.05, 0.1) is 12.0 Å². The number of halogens is 2. The molecule has 2 aromatic rings. The number of benzene rings is 2. The van der Waals surface area contributed by atoms with Gasteiger partial charge >= 0.3 is 0 Å². The number of carbonyl (C=O) groups is 1. The zero-order valence-corrected chi connectivity index (χ0v) is 14.3. The summed E-state index contributed by atoms with van der Waals surface area (Å²) < 4.78 is 0. The SMILES string of the molecule is CC[C@H](O)CNC(=O)C(c1ccc(Cl)cc1)c1ccc(Cl)cc1. The van der Waals surface area contributed by atoms with Gasteiger partial charge in [-0.3, -0.25) is 4.79 Å². The molecule has 0 saturated carbocycles. The Morgan fingerprint density at radius 2 is 1.43 bits per heavy atom. The van der Waals surface area contributed by atoms with Crippen LogP contribution in [0, 0.1) is 0 Å². The molecule has 0 heterocycles. The van der Waals surface area contributed by atoms with E-state index < -0.39 is 12.0 Å². The molecule has 0 radical (unpaired) electrons. The van der Waals surface area contributed by atoms with Gasteiger partial charge in [-0.05, 0) is 41.8 Å². The van der Waals surface area contributed by atoms with Crippen molar-refractivity contribution in [2.75, 3.05) is 6.54 Å². The maximum atomic E-state index is 12.6. The second-order valence-electron chi connectivity index (χ2n) is 5.34. The maximum absolute atomic E-state index is 12.6. The molecule has 2 aromatic carbocycles. The topological polar surface area (TPSA) is 49.3 Å². The van der Waals surface area contributed by atoms with E-state index in [9.17, 15) is 9.90 Å². The van der Waals surface area contributed by atoms with Crippen LogP contribution in [0.1, 0.15) is 30.4 Å². The number of carbonyl (C=O) groups excluding carboxylic acids is 1. The Kier molecular flexibility index (Phi) is 6.46. The number of amides is 1. The van der Waals surface area contributed by atoms with Gasteiger partial charge in [-0.2, -0.15) is 0 Å². The third-order valence-electron chi connectivity index (χ3n) is 3.65. The molecule has 0 fully saturated rings. The summed E-state index contributed by atoms with van der Waals surface area (Å²) in [5, 5.41) is 13.7. The lowest BCUT2D eigenvalue weighted by Gasteiger charge is -2.19. The van der Waals surface area contributed by atoms with Crippen LogP contribution in [0.25, 0.3) is 0 Å². The summed E-state index contributed by atoms with van der Waals surface area (Å²) in [5.41, 5.74) is 1.67. The molecule has 0 aromatic heterocycles. The highest BCUT2D eigenvalue weighted by atomic mass is 35.5. The summed E-state index contributed by atoms with van der Waals surface area (Å²) in [6.45, 7) is 2.10. The largest absolute Gasteiger partial charge is 0.391 e. The van der Waals surface area contributed by atoms with E-state index in [1.807, 2.05) is 31.2 Å². The predicted octanol–water partition coefficient (Wildman–Crippen LogP) is 4.01. The molecule has 3 nitrogen and oxygen atoms in total. The van der Waals surface area contributed by atoms with Crippen LogP contribution in [0.3, 0.4) is 0 Å². The monoisotopic (exact) mass is 351 g/mol. The van der Waals surface area contributed by atoms with Gasteiger partial charge < -0.3 is 10.4 Å². The second kappa shape index (κ2) is 8.34. The van der Waals surface area contributed by atoms with Gasteiger partial charge in [0.2, 0.25) is 5.91 Å². The first-order chi connectivity index (χ1) is 11.0. The van der Waals surface area contributed by atoms with Crippen LogP contribution in [-0.4, -0.2) is 23.7 Å². The van der Waals surface area contributed by atoms with Crippen LogP contribution >= 0.6 is 23.2 Å². The highest BCUT2D eigenvalue weighted by Gasteiger charge is 2.23. The van der Waals surface area contributed by atoms with Crippen molar-refractivity contribution in [1.82, 2.24) is 5.32 Å². The first-order valence-electron chi connectivity index (χ1n) is 7.48. The summed E-state index contributed by atoms with van der Waals surface area (Å²) in [4.78, 5) is 12.6. The molecule has 0 aliphatic rings. The first kappa shape index (κ1) is 17.8. The van der Waals surface area contributed by atoms with Gasteiger partial charge in [0.25, 0.3) is 0 Å². The van der Waals surface area contributed by atoms with Gasteiger partial charge in [-0.1, -0.05) is 54.4 Å². The van der Waals surface area contributed by atoms with E-state index >= 15 is 0 Å². The Hall–Kier alpha value is -1.55. The predicted molar refractivity (Wildman–Crippen MR) is 94.1 cm³/mol. The van der Waals surface area contributed by atoms with E-state index in [1.54, 1.807) is 24.3 Å². The fourth-order valence-corrected chi connectivity index (χ4v) is 2.52. The number of nitrogens with one attached hydrogen (secondary N) is 1. The molecule has 0 spiro atoms. The van der Waals surface area contributed by atoms with Crippen molar-refractivity contribution in [3.63, 3.8) is 0 Å². The normalized spacial score (nSPS) is 12.2. The number of hydrogen-bond acceptors (Lipinski definition) is 2. The Labute approximate surface area is 146 Å². The lowest BCUT2D eigenvalue weighted by Crippen LogP contribution is -2.35. The fourth-order valence-electron chi connectivity index (χ4n) is 2.27. The van der Waals surface area contributed by atoms with Crippen LogP contribution < -0.4 is 5.32 Å². The van der Waals surface area contributed by atoms with Crippen LogP contribution in [0.4, 0.5) is 0 Å². The summed E-state index contributed by atoms with van der Waals surface area (Å²) in [7, 11) is 0. The molecular formula is C18H19Cl2NO2. The Balaban J connectivity index is 2.29. The second-order valence-corrected chi connectivity index (χ2v) is 6.22. The zero-order chi connectivity index (χ0) is 16.8. The fraction of sp³-hybridized carbons (Fsp3) is 0.278. The zero-order valence-electron chi connectivity index (χ0n) is 12.8. The summed E-state index contributed by atoms with van der Waals surface area (Å²) >= 11 is 11.9. The van der Waals surface area contributed by atoms with E-state index in [2.05, 4.69) is 5.32 Å². The van der Waals surface area contributed by atoms with Crippen molar-refractivity contribution >= 4 is 29.1 Å². The highest BCUT2D eigenvalue weighted by molar-refractivity contribution is 6.30. The average molecular weight is 352 g/mol. The Morgan fingerprint density at radius 1 is 1.00 bits per heavy atom. The average Bonchev–Trinajstić information content (AvgIpc) is 2.56. The number of aliphatic hydroxyl groups excluding tert-OH is 1. The van der Waals surface area contributed by atoms with Crippen LogP contribution in [0.15, 0.2) is 48.5 Å². The van der Waals surface area contributed by atoms with Gasteiger partial charge in [0, 0.05) is 16.6 Å². The van der Waals surface area contributed by atoms with Gasteiger partial charge in [-0.25, -0.2) is 0 Å². The Morgan fingerprint density at radius 3 is 1.83 bits per heavy atom. The lowest BCUT2D eigenvalue weighted by molar-refractivity contribution is -0.122. The summed E-state index contributed by atoms with van der Waals surface area (Å²) in [6, 6.07) is 14.4. The Bertz CT molecular complexity index is 596.